The van der Waals surface area contributed by atoms with Gasteiger partial charge < -0.3 is 10.2 Å². The first-order valence-electron chi connectivity index (χ1n) is 12.7. The Morgan fingerprint density at radius 3 is 2.03 bits per heavy atom. The lowest BCUT2D eigenvalue weighted by Crippen LogP contribution is -2.24. The standard InChI is InChI=1S/C28H54O2/c1-8-10-11-15-25(20-19-24(3)21-23-29)16-14-18-26(27(4,5)9-2)17-12-13-22-28(6,7)30/h19-20,26,29-30H,8-18,21-23H2,1-7H3/b24-19+,25-20+. The molecule has 0 radical (unpaired) electrons. The summed E-state index contributed by atoms with van der Waals surface area (Å²) in [6, 6.07) is 0. The lowest BCUT2D eigenvalue weighted by Gasteiger charge is -2.34. The van der Waals surface area contributed by atoms with Crippen molar-refractivity contribution in [2.24, 2.45) is 11.3 Å². The fourth-order valence-corrected chi connectivity index (χ4v) is 4.15. The van der Waals surface area contributed by atoms with Crippen LogP contribution in [0.15, 0.2) is 23.3 Å². The number of allylic oxidation sites excluding steroid dienone is 3. The molecule has 1 unspecified atom stereocenters. The molecule has 0 saturated heterocycles. The largest absolute Gasteiger partial charge is 0.396 e. The summed E-state index contributed by atoms with van der Waals surface area (Å²) in [6.07, 6.45) is 19.9. The molecule has 2 heteroatoms. The topological polar surface area (TPSA) is 40.5 Å². The van der Waals surface area contributed by atoms with Crippen LogP contribution in [0.4, 0.5) is 0 Å². The Morgan fingerprint density at radius 1 is 0.833 bits per heavy atom. The molecule has 0 spiro atoms. The van der Waals surface area contributed by atoms with E-state index in [1.54, 1.807) is 5.57 Å². The maximum Gasteiger partial charge on any atom is 0.0591 e. The molecular formula is C28H54O2. The molecule has 0 fully saturated rings. The van der Waals surface area contributed by atoms with Crippen molar-refractivity contribution in [3.05, 3.63) is 23.3 Å². The molecule has 2 nitrogen and oxygen atoms in total. The molecule has 0 amide bonds. The number of aliphatic hydroxyl groups is 2. The highest BCUT2D eigenvalue weighted by atomic mass is 16.3. The number of aliphatic hydroxyl groups excluding tert-OH is 1. The van der Waals surface area contributed by atoms with Crippen LogP contribution in [0.3, 0.4) is 0 Å². The fourth-order valence-electron chi connectivity index (χ4n) is 4.15. The first kappa shape index (κ1) is 29.4. The summed E-state index contributed by atoms with van der Waals surface area (Å²) in [4.78, 5) is 0. The van der Waals surface area contributed by atoms with Crippen molar-refractivity contribution < 1.29 is 10.2 Å². The third-order valence-corrected chi connectivity index (χ3v) is 6.87. The van der Waals surface area contributed by atoms with E-state index in [0.717, 1.165) is 25.2 Å². The quantitative estimate of drug-likeness (QED) is 0.172. The molecule has 2 N–H and O–H groups in total. The van der Waals surface area contributed by atoms with Gasteiger partial charge in [0.15, 0.2) is 0 Å². The Labute approximate surface area is 189 Å². The van der Waals surface area contributed by atoms with Gasteiger partial charge in [-0.3, -0.25) is 0 Å². The van der Waals surface area contributed by atoms with Crippen LogP contribution in [0.25, 0.3) is 0 Å². The van der Waals surface area contributed by atoms with Crippen LogP contribution in [0.2, 0.25) is 0 Å². The van der Waals surface area contributed by atoms with Crippen molar-refractivity contribution in [2.45, 2.75) is 138 Å². The molecule has 0 rings (SSSR count). The highest BCUT2D eigenvalue weighted by Gasteiger charge is 2.27. The molecule has 0 aromatic heterocycles. The Balaban J connectivity index is 4.83. The van der Waals surface area contributed by atoms with Gasteiger partial charge in [0, 0.05) is 6.61 Å². The van der Waals surface area contributed by atoms with Gasteiger partial charge in [0.25, 0.3) is 0 Å². The molecule has 0 aliphatic carbocycles. The van der Waals surface area contributed by atoms with Gasteiger partial charge >= 0.3 is 0 Å². The van der Waals surface area contributed by atoms with Crippen LogP contribution >= 0.6 is 0 Å². The van der Waals surface area contributed by atoms with Crippen molar-refractivity contribution in [3.63, 3.8) is 0 Å². The Kier molecular flexibility index (Phi) is 15.8. The maximum absolute atomic E-state index is 9.98. The highest BCUT2D eigenvalue weighted by Crippen LogP contribution is 2.38. The van der Waals surface area contributed by atoms with E-state index in [4.69, 9.17) is 5.11 Å². The van der Waals surface area contributed by atoms with Crippen LogP contribution in [-0.2, 0) is 0 Å². The highest BCUT2D eigenvalue weighted by molar-refractivity contribution is 5.17. The van der Waals surface area contributed by atoms with Gasteiger partial charge in [-0.25, -0.2) is 0 Å². The molecule has 0 bridgehead atoms. The van der Waals surface area contributed by atoms with Crippen molar-refractivity contribution in [2.75, 3.05) is 6.61 Å². The molecule has 0 aliphatic rings. The van der Waals surface area contributed by atoms with Crippen molar-refractivity contribution in [3.8, 4) is 0 Å². The Hall–Kier alpha value is -0.600. The fraction of sp³-hybridized carbons (Fsp3) is 0.857. The van der Waals surface area contributed by atoms with Crippen LogP contribution in [-0.4, -0.2) is 22.4 Å². The zero-order valence-electron chi connectivity index (χ0n) is 21.5. The van der Waals surface area contributed by atoms with Gasteiger partial charge in [-0.1, -0.05) is 83.1 Å². The van der Waals surface area contributed by atoms with Crippen LogP contribution in [0.5, 0.6) is 0 Å². The number of hydrogen-bond acceptors (Lipinski definition) is 2. The second-order valence-electron chi connectivity index (χ2n) is 10.8. The predicted octanol–water partition coefficient (Wildman–Crippen LogP) is 8.38. The first-order chi connectivity index (χ1) is 14.1. The normalized spacial score (nSPS) is 15.0. The number of hydrogen-bond donors (Lipinski definition) is 2. The summed E-state index contributed by atoms with van der Waals surface area (Å²) in [6.45, 7) is 15.7. The lowest BCUT2D eigenvalue weighted by molar-refractivity contribution is 0.0664. The molecule has 0 aromatic rings. The minimum absolute atomic E-state index is 0.239. The number of unbranched alkanes of at least 4 members (excludes halogenated alkanes) is 3. The van der Waals surface area contributed by atoms with Gasteiger partial charge in [0.1, 0.15) is 0 Å². The molecule has 0 saturated carbocycles. The Bertz CT molecular complexity index is 479. The summed E-state index contributed by atoms with van der Waals surface area (Å²) < 4.78 is 0. The second-order valence-corrected chi connectivity index (χ2v) is 10.8. The summed E-state index contributed by atoms with van der Waals surface area (Å²) in [5, 5.41) is 19.1. The van der Waals surface area contributed by atoms with E-state index in [0.29, 0.717) is 5.41 Å². The van der Waals surface area contributed by atoms with E-state index in [-0.39, 0.29) is 6.61 Å². The molecule has 1 atom stereocenters. The van der Waals surface area contributed by atoms with Crippen LogP contribution in [0.1, 0.15) is 132 Å². The molecule has 30 heavy (non-hydrogen) atoms. The maximum atomic E-state index is 9.98. The van der Waals surface area contributed by atoms with E-state index in [1.807, 2.05) is 13.8 Å². The monoisotopic (exact) mass is 422 g/mol. The van der Waals surface area contributed by atoms with Crippen LogP contribution < -0.4 is 0 Å². The van der Waals surface area contributed by atoms with Gasteiger partial charge in [0.05, 0.1) is 5.60 Å². The summed E-state index contributed by atoms with van der Waals surface area (Å²) in [7, 11) is 0. The molecular weight excluding hydrogens is 368 g/mol. The third-order valence-electron chi connectivity index (χ3n) is 6.87. The molecule has 0 aliphatic heterocycles. The molecule has 0 heterocycles. The van der Waals surface area contributed by atoms with Crippen LogP contribution in [0, 0.1) is 11.3 Å². The number of rotatable bonds is 18. The van der Waals surface area contributed by atoms with E-state index < -0.39 is 5.60 Å². The zero-order chi connectivity index (χ0) is 23.0. The summed E-state index contributed by atoms with van der Waals surface area (Å²) in [5.74, 6) is 0.757. The smallest absolute Gasteiger partial charge is 0.0591 e. The van der Waals surface area contributed by atoms with Gasteiger partial charge in [-0.05, 0) is 83.5 Å². The van der Waals surface area contributed by atoms with E-state index in [9.17, 15) is 5.11 Å². The van der Waals surface area contributed by atoms with E-state index >= 15 is 0 Å². The minimum Gasteiger partial charge on any atom is -0.396 e. The summed E-state index contributed by atoms with van der Waals surface area (Å²) >= 11 is 0. The minimum atomic E-state index is -0.532. The lowest BCUT2D eigenvalue weighted by atomic mass is 9.71. The average Bonchev–Trinajstić information content (AvgIpc) is 2.66. The van der Waals surface area contributed by atoms with Gasteiger partial charge in [0.2, 0.25) is 0 Å². The van der Waals surface area contributed by atoms with Crippen molar-refractivity contribution in [1.29, 1.82) is 0 Å². The zero-order valence-corrected chi connectivity index (χ0v) is 21.5. The molecule has 178 valence electrons. The first-order valence-corrected chi connectivity index (χ1v) is 12.7. The van der Waals surface area contributed by atoms with Gasteiger partial charge in [-0.15, -0.1) is 0 Å². The summed E-state index contributed by atoms with van der Waals surface area (Å²) in [5.41, 5.74) is 2.70. The Morgan fingerprint density at radius 2 is 1.47 bits per heavy atom. The van der Waals surface area contributed by atoms with Crippen molar-refractivity contribution >= 4 is 0 Å². The van der Waals surface area contributed by atoms with E-state index in [2.05, 4.69) is 46.8 Å². The van der Waals surface area contributed by atoms with Crippen molar-refractivity contribution in [1.82, 2.24) is 0 Å². The van der Waals surface area contributed by atoms with E-state index in [1.165, 1.54) is 69.8 Å². The predicted molar refractivity (Wildman–Crippen MR) is 134 cm³/mol. The van der Waals surface area contributed by atoms with Gasteiger partial charge in [-0.2, -0.15) is 0 Å². The SMILES string of the molecule is CCCCC/C(=C\C=C(/C)CCO)CCCC(CCCCC(C)(C)O)C(C)(C)CC. The molecule has 0 aromatic carbocycles. The average molecular weight is 423 g/mol. The third kappa shape index (κ3) is 15.2. The second kappa shape index (κ2) is 16.1.